The van der Waals surface area contributed by atoms with E-state index in [4.69, 9.17) is 9.47 Å². The normalized spacial score (nSPS) is 22.8. The summed E-state index contributed by atoms with van der Waals surface area (Å²) in [4.78, 5) is 11.9. The first-order valence-electron chi connectivity index (χ1n) is 6.09. The smallest absolute Gasteiger partial charge is 0.252 e. The summed E-state index contributed by atoms with van der Waals surface area (Å²) < 4.78 is 10.4. The van der Waals surface area contributed by atoms with Crippen LogP contribution in [0.25, 0.3) is 0 Å². The van der Waals surface area contributed by atoms with Gasteiger partial charge in [0.25, 0.3) is 5.91 Å². The Labute approximate surface area is 102 Å². The number of carbonyl (C=O) groups excluding carboxylic acids is 1. The largest absolute Gasteiger partial charge is 0.388 e. The van der Waals surface area contributed by atoms with Gasteiger partial charge in [0.15, 0.2) is 0 Å². The first-order valence-corrected chi connectivity index (χ1v) is 6.09. The molecule has 1 heterocycles. The average Bonchev–Trinajstić information content (AvgIpc) is 2.36. The number of hydrogen-bond donors (Lipinski definition) is 2. The van der Waals surface area contributed by atoms with Gasteiger partial charge in [0, 0.05) is 39.7 Å². The summed E-state index contributed by atoms with van der Waals surface area (Å²) >= 11 is 0. The van der Waals surface area contributed by atoms with Crippen molar-refractivity contribution in [2.45, 2.75) is 44.3 Å². The van der Waals surface area contributed by atoms with Gasteiger partial charge < -0.3 is 19.9 Å². The van der Waals surface area contributed by atoms with Gasteiger partial charge in [0.1, 0.15) is 5.60 Å². The monoisotopic (exact) mass is 245 g/mol. The van der Waals surface area contributed by atoms with Crippen LogP contribution in [0.2, 0.25) is 0 Å². The summed E-state index contributed by atoms with van der Waals surface area (Å²) in [5.41, 5.74) is -1.65. The lowest BCUT2D eigenvalue weighted by Crippen LogP contribution is -2.52. The highest BCUT2D eigenvalue weighted by molar-refractivity contribution is 5.84. The van der Waals surface area contributed by atoms with E-state index in [2.05, 4.69) is 5.32 Å². The molecule has 1 aliphatic rings. The molecule has 1 aliphatic heterocycles. The molecular formula is C12H23NO4. The molecule has 0 aliphatic carbocycles. The van der Waals surface area contributed by atoms with Crippen molar-refractivity contribution in [1.29, 1.82) is 0 Å². The third-order valence-electron chi connectivity index (χ3n) is 3.61. The molecule has 1 saturated heterocycles. The van der Waals surface area contributed by atoms with E-state index in [0.717, 1.165) is 0 Å². The predicted octanol–water partition coefficient (Wildman–Crippen LogP) is 0.459. The van der Waals surface area contributed by atoms with Crippen molar-refractivity contribution in [3.05, 3.63) is 0 Å². The summed E-state index contributed by atoms with van der Waals surface area (Å²) in [6, 6.07) is 0. The topological polar surface area (TPSA) is 67.8 Å². The van der Waals surface area contributed by atoms with Crippen LogP contribution >= 0.6 is 0 Å². The van der Waals surface area contributed by atoms with Crippen LogP contribution in [0, 0.1) is 0 Å². The molecule has 17 heavy (non-hydrogen) atoms. The van der Waals surface area contributed by atoms with Gasteiger partial charge in [-0.1, -0.05) is 6.92 Å². The SMILES string of the molecule is CCC(C)(OC)C(=O)NCC1(O)CCOCC1. The molecule has 2 N–H and O–H groups in total. The van der Waals surface area contributed by atoms with Crippen molar-refractivity contribution in [3.8, 4) is 0 Å². The van der Waals surface area contributed by atoms with Crippen LogP contribution < -0.4 is 5.32 Å². The van der Waals surface area contributed by atoms with Gasteiger partial charge in [-0.3, -0.25) is 4.79 Å². The number of nitrogens with one attached hydrogen (secondary N) is 1. The number of aliphatic hydroxyl groups is 1. The maximum atomic E-state index is 11.9. The Hall–Kier alpha value is -0.650. The molecule has 0 aromatic rings. The van der Waals surface area contributed by atoms with Crippen molar-refractivity contribution in [2.24, 2.45) is 0 Å². The summed E-state index contributed by atoms with van der Waals surface area (Å²) in [6.45, 7) is 4.99. The first kappa shape index (κ1) is 14.4. The minimum absolute atomic E-state index is 0.178. The van der Waals surface area contributed by atoms with Gasteiger partial charge >= 0.3 is 0 Å². The maximum absolute atomic E-state index is 11.9. The summed E-state index contributed by atoms with van der Waals surface area (Å²) in [6.07, 6.45) is 1.71. The fraction of sp³-hybridized carbons (Fsp3) is 0.917. The third-order valence-corrected chi connectivity index (χ3v) is 3.61. The molecule has 0 spiro atoms. The molecule has 1 amide bonds. The van der Waals surface area contributed by atoms with E-state index in [0.29, 0.717) is 32.5 Å². The van der Waals surface area contributed by atoms with Crippen molar-refractivity contribution in [3.63, 3.8) is 0 Å². The Kier molecular flexibility index (Phi) is 4.91. The lowest BCUT2D eigenvalue weighted by atomic mass is 9.93. The second-order valence-corrected chi connectivity index (χ2v) is 4.81. The molecule has 1 unspecified atom stereocenters. The Morgan fingerprint density at radius 1 is 1.53 bits per heavy atom. The number of rotatable bonds is 5. The van der Waals surface area contributed by atoms with E-state index in [1.54, 1.807) is 6.92 Å². The average molecular weight is 245 g/mol. The van der Waals surface area contributed by atoms with Crippen LogP contribution in [0.5, 0.6) is 0 Å². The quantitative estimate of drug-likeness (QED) is 0.738. The summed E-state index contributed by atoms with van der Waals surface area (Å²) in [5, 5.41) is 13.0. The molecule has 5 nitrogen and oxygen atoms in total. The van der Waals surface area contributed by atoms with E-state index in [1.807, 2.05) is 6.92 Å². The van der Waals surface area contributed by atoms with Gasteiger partial charge in [-0.05, 0) is 13.3 Å². The molecular weight excluding hydrogens is 222 g/mol. The number of hydrogen-bond acceptors (Lipinski definition) is 4. The van der Waals surface area contributed by atoms with Crippen LogP contribution in [0.4, 0.5) is 0 Å². The summed E-state index contributed by atoms with van der Waals surface area (Å²) in [5.74, 6) is -0.178. The van der Waals surface area contributed by atoms with Gasteiger partial charge in [0.05, 0.1) is 5.60 Å². The van der Waals surface area contributed by atoms with Crippen LogP contribution in [0.3, 0.4) is 0 Å². The van der Waals surface area contributed by atoms with Gasteiger partial charge in [0.2, 0.25) is 0 Å². The fourth-order valence-corrected chi connectivity index (χ4v) is 1.76. The molecule has 1 rings (SSSR count). The molecule has 1 atom stereocenters. The Morgan fingerprint density at radius 3 is 2.59 bits per heavy atom. The van der Waals surface area contributed by atoms with Gasteiger partial charge in [-0.25, -0.2) is 0 Å². The molecule has 0 aromatic heterocycles. The van der Waals surface area contributed by atoms with E-state index in [1.165, 1.54) is 7.11 Å². The highest BCUT2D eigenvalue weighted by Crippen LogP contribution is 2.20. The van der Waals surface area contributed by atoms with Gasteiger partial charge in [-0.2, -0.15) is 0 Å². The predicted molar refractivity (Wildman–Crippen MR) is 63.7 cm³/mol. The zero-order valence-electron chi connectivity index (χ0n) is 10.9. The highest BCUT2D eigenvalue weighted by atomic mass is 16.5. The standard InChI is InChI=1S/C12H23NO4/c1-4-11(2,16-3)10(14)13-9-12(15)5-7-17-8-6-12/h15H,4-9H2,1-3H3,(H,13,14). The van der Waals surface area contributed by atoms with Crippen LogP contribution in [-0.2, 0) is 14.3 Å². The van der Waals surface area contributed by atoms with E-state index < -0.39 is 11.2 Å². The zero-order valence-corrected chi connectivity index (χ0v) is 10.9. The lowest BCUT2D eigenvalue weighted by Gasteiger charge is -2.33. The van der Waals surface area contributed by atoms with E-state index in [-0.39, 0.29) is 12.5 Å². The molecule has 5 heteroatoms. The van der Waals surface area contributed by atoms with E-state index >= 15 is 0 Å². The molecule has 1 fully saturated rings. The van der Waals surface area contributed by atoms with Crippen molar-refractivity contribution in [1.82, 2.24) is 5.32 Å². The Morgan fingerprint density at radius 2 is 2.12 bits per heavy atom. The van der Waals surface area contributed by atoms with Crippen molar-refractivity contribution in [2.75, 3.05) is 26.9 Å². The highest BCUT2D eigenvalue weighted by Gasteiger charge is 2.35. The second-order valence-electron chi connectivity index (χ2n) is 4.81. The number of methoxy groups -OCH3 is 1. The number of carbonyl (C=O) groups is 1. The maximum Gasteiger partial charge on any atom is 0.252 e. The molecule has 100 valence electrons. The molecule has 0 saturated carbocycles. The minimum atomic E-state index is -0.837. The molecule has 0 aromatic carbocycles. The molecule has 0 bridgehead atoms. The second kappa shape index (κ2) is 5.80. The fourth-order valence-electron chi connectivity index (χ4n) is 1.76. The van der Waals surface area contributed by atoms with Crippen molar-refractivity contribution < 1.29 is 19.4 Å². The Bertz CT molecular complexity index is 257. The number of amides is 1. The number of ether oxygens (including phenoxy) is 2. The zero-order chi connectivity index (χ0) is 12.9. The van der Waals surface area contributed by atoms with Crippen LogP contribution in [0.15, 0.2) is 0 Å². The Balaban J connectivity index is 2.46. The third kappa shape index (κ3) is 3.66. The van der Waals surface area contributed by atoms with Crippen LogP contribution in [0.1, 0.15) is 33.1 Å². The van der Waals surface area contributed by atoms with Gasteiger partial charge in [-0.15, -0.1) is 0 Å². The lowest BCUT2D eigenvalue weighted by molar-refractivity contribution is -0.144. The molecule has 0 radical (unpaired) electrons. The minimum Gasteiger partial charge on any atom is -0.388 e. The van der Waals surface area contributed by atoms with E-state index in [9.17, 15) is 9.90 Å². The van der Waals surface area contributed by atoms with Crippen molar-refractivity contribution >= 4 is 5.91 Å². The first-order chi connectivity index (χ1) is 7.96. The summed E-state index contributed by atoms with van der Waals surface area (Å²) in [7, 11) is 1.52. The van der Waals surface area contributed by atoms with Crippen LogP contribution in [-0.4, -0.2) is 49.1 Å².